The summed E-state index contributed by atoms with van der Waals surface area (Å²) in [6.45, 7) is 1.29. The lowest BCUT2D eigenvalue weighted by atomic mass is 10.1. The molecule has 1 N–H and O–H groups in total. The van der Waals surface area contributed by atoms with Crippen molar-refractivity contribution in [3.8, 4) is 0 Å². The van der Waals surface area contributed by atoms with Crippen molar-refractivity contribution in [3.05, 3.63) is 77.1 Å². The summed E-state index contributed by atoms with van der Waals surface area (Å²) in [5.74, 6) is -0.0164. The monoisotopic (exact) mass is 378 g/mol. The molecule has 0 saturated carbocycles. The number of benzene rings is 1. The number of hydrogen-bond donors (Lipinski definition) is 1. The number of likely N-dealkylation sites (tertiary alicyclic amines) is 1. The van der Waals surface area contributed by atoms with E-state index in [2.05, 4.69) is 57.7 Å². The van der Waals surface area contributed by atoms with Gasteiger partial charge in [0.15, 0.2) is 5.13 Å². The molecule has 0 aliphatic carbocycles. The van der Waals surface area contributed by atoms with Gasteiger partial charge in [0, 0.05) is 23.7 Å². The number of hydrogen-bond acceptors (Lipinski definition) is 5. The Bertz CT molecular complexity index is 882. The predicted molar refractivity (Wildman–Crippen MR) is 108 cm³/mol. The van der Waals surface area contributed by atoms with Crippen LogP contribution >= 0.6 is 11.3 Å². The second-order valence-electron chi connectivity index (χ2n) is 6.73. The predicted octanol–water partition coefficient (Wildman–Crippen LogP) is 3.90. The minimum absolute atomic E-state index is 0.0164. The molecule has 1 atom stereocenters. The Labute approximate surface area is 163 Å². The lowest BCUT2D eigenvalue weighted by Crippen LogP contribution is -2.33. The molecule has 1 aromatic carbocycles. The summed E-state index contributed by atoms with van der Waals surface area (Å²) in [6, 6.07) is 16.8. The van der Waals surface area contributed by atoms with Crippen LogP contribution in [-0.2, 0) is 11.2 Å². The van der Waals surface area contributed by atoms with Gasteiger partial charge < -0.3 is 5.32 Å². The SMILES string of the molecule is O=C(CN1CCC[C@@H]1c1cccc(Cc2ccccc2)n1)Nc1nccs1. The molecule has 3 heterocycles. The third-order valence-corrected chi connectivity index (χ3v) is 5.48. The van der Waals surface area contributed by atoms with Crippen molar-refractivity contribution in [2.24, 2.45) is 0 Å². The van der Waals surface area contributed by atoms with Gasteiger partial charge in [-0.15, -0.1) is 11.3 Å². The molecular formula is C21H22N4OS. The Morgan fingerprint density at radius 1 is 1.19 bits per heavy atom. The van der Waals surface area contributed by atoms with E-state index >= 15 is 0 Å². The summed E-state index contributed by atoms with van der Waals surface area (Å²) < 4.78 is 0. The molecule has 4 rings (SSSR count). The molecule has 1 aliphatic heterocycles. The number of amides is 1. The number of nitrogens with one attached hydrogen (secondary N) is 1. The molecule has 27 heavy (non-hydrogen) atoms. The van der Waals surface area contributed by atoms with Gasteiger partial charge in [0.1, 0.15) is 0 Å². The molecule has 1 amide bonds. The van der Waals surface area contributed by atoms with Crippen molar-refractivity contribution < 1.29 is 4.79 Å². The number of thiazole rings is 1. The fraction of sp³-hybridized carbons (Fsp3) is 0.286. The summed E-state index contributed by atoms with van der Waals surface area (Å²) in [5, 5.41) is 5.38. The Balaban J connectivity index is 1.43. The summed E-state index contributed by atoms with van der Waals surface area (Å²) >= 11 is 1.44. The lowest BCUT2D eigenvalue weighted by Gasteiger charge is -2.23. The van der Waals surface area contributed by atoms with Crippen LogP contribution in [0.5, 0.6) is 0 Å². The quantitative estimate of drug-likeness (QED) is 0.707. The number of nitrogens with zero attached hydrogens (tertiary/aromatic N) is 3. The molecule has 1 saturated heterocycles. The Kier molecular flexibility index (Phi) is 5.55. The van der Waals surface area contributed by atoms with Crippen LogP contribution in [0.4, 0.5) is 5.13 Å². The average molecular weight is 379 g/mol. The van der Waals surface area contributed by atoms with E-state index in [0.29, 0.717) is 11.7 Å². The second-order valence-corrected chi connectivity index (χ2v) is 7.62. The van der Waals surface area contributed by atoms with Crippen molar-refractivity contribution >= 4 is 22.4 Å². The highest BCUT2D eigenvalue weighted by molar-refractivity contribution is 7.13. The van der Waals surface area contributed by atoms with Crippen molar-refractivity contribution in [3.63, 3.8) is 0 Å². The molecule has 6 heteroatoms. The van der Waals surface area contributed by atoms with Crippen molar-refractivity contribution in [1.82, 2.24) is 14.9 Å². The maximum atomic E-state index is 12.3. The zero-order valence-corrected chi connectivity index (χ0v) is 15.9. The molecular weight excluding hydrogens is 356 g/mol. The molecule has 0 spiro atoms. The fourth-order valence-corrected chi connectivity index (χ4v) is 4.11. The van der Waals surface area contributed by atoms with Gasteiger partial charge in [0.25, 0.3) is 0 Å². The number of aromatic nitrogens is 2. The van der Waals surface area contributed by atoms with Crippen LogP contribution < -0.4 is 5.32 Å². The van der Waals surface area contributed by atoms with E-state index in [0.717, 1.165) is 37.2 Å². The van der Waals surface area contributed by atoms with Gasteiger partial charge in [-0.3, -0.25) is 14.7 Å². The number of pyridine rings is 1. The summed E-state index contributed by atoms with van der Waals surface area (Å²) in [7, 11) is 0. The van der Waals surface area contributed by atoms with E-state index in [1.165, 1.54) is 16.9 Å². The first-order valence-corrected chi connectivity index (χ1v) is 10.1. The van der Waals surface area contributed by atoms with Gasteiger partial charge in [-0.2, -0.15) is 0 Å². The van der Waals surface area contributed by atoms with Gasteiger partial charge in [0.05, 0.1) is 18.3 Å². The topological polar surface area (TPSA) is 58.1 Å². The fourth-order valence-electron chi connectivity index (χ4n) is 3.57. The van der Waals surface area contributed by atoms with Gasteiger partial charge in [-0.25, -0.2) is 4.98 Å². The molecule has 3 aromatic rings. The number of anilines is 1. The Morgan fingerprint density at radius 3 is 2.89 bits per heavy atom. The minimum atomic E-state index is -0.0164. The Hall–Kier alpha value is -2.57. The normalized spacial score (nSPS) is 17.1. The highest BCUT2D eigenvalue weighted by atomic mass is 32.1. The van der Waals surface area contributed by atoms with E-state index in [9.17, 15) is 4.79 Å². The van der Waals surface area contributed by atoms with Crippen molar-refractivity contribution in [2.45, 2.75) is 25.3 Å². The van der Waals surface area contributed by atoms with E-state index in [-0.39, 0.29) is 11.9 Å². The maximum absolute atomic E-state index is 12.3. The third kappa shape index (κ3) is 4.59. The van der Waals surface area contributed by atoms with Gasteiger partial charge >= 0.3 is 0 Å². The standard InChI is InChI=1S/C21H22N4OS/c26-20(24-21-22-11-13-27-21)15-25-12-5-10-19(25)18-9-4-8-17(23-18)14-16-6-2-1-3-7-16/h1-4,6-9,11,13,19H,5,10,12,14-15H2,(H,22,24,26)/t19-/m1/s1. The number of carbonyl (C=O) groups excluding carboxylic acids is 1. The van der Waals surface area contributed by atoms with Crippen LogP contribution in [0.2, 0.25) is 0 Å². The summed E-state index contributed by atoms with van der Waals surface area (Å²) in [4.78, 5) is 23.6. The molecule has 1 fully saturated rings. The van der Waals surface area contributed by atoms with Crippen LogP contribution in [0.15, 0.2) is 60.1 Å². The number of carbonyl (C=O) groups is 1. The first kappa shape index (κ1) is 17.8. The maximum Gasteiger partial charge on any atom is 0.240 e. The summed E-state index contributed by atoms with van der Waals surface area (Å²) in [6.07, 6.45) is 4.64. The van der Waals surface area contributed by atoms with Crippen LogP contribution in [0.25, 0.3) is 0 Å². The highest BCUT2D eigenvalue weighted by Gasteiger charge is 2.28. The van der Waals surface area contributed by atoms with E-state index in [1.807, 2.05) is 11.4 Å². The highest BCUT2D eigenvalue weighted by Crippen LogP contribution is 2.30. The second kappa shape index (κ2) is 8.41. The van der Waals surface area contributed by atoms with Crippen LogP contribution in [0.1, 0.15) is 35.8 Å². The van der Waals surface area contributed by atoms with Crippen molar-refractivity contribution in [2.75, 3.05) is 18.4 Å². The first-order chi connectivity index (χ1) is 13.3. The average Bonchev–Trinajstić information content (AvgIpc) is 3.35. The van der Waals surface area contributed by atoms with Crippen LogP contribution in [0, 0.1) is 0 Å². The van der Waals surface area contributed by atoms with Gasteiger partial charge in [-0.1, -0.05) is 36.4 Å². The summed E-state index contributed by atoms with van der Waals surface area (Å²) in [5.41, 5.74) is 3.38. The molecule has 138 valence electrons. The number of rotatable bonds is 6. The minimum Gasteiger partial charge on any atom is -0.301 e. The van der Waals surface area contributed by atoms with Gasteiger partial charge in [0.2, 0.25) is 5.91 Å². The van der Waals surface area contributed by atoms with Crippen LogP contribution in [0.3, 0.4) is 0 Å². The molecule has 0 bridgehead atoms. The van der Waals surface area contributed by atoms with E-state index in [1.54, 1.807) is 6.20 Å². The van der Waals surface area contributed by atoms with E-state index < -0.39 is 0 Å². The Morgan fingerprint density at radius 2 is 2.07 bits per heavy atom. The van der Waals surface area contributed by atoms with Gasteiger partial charge in [-0.05, 0) is 37.1 Å². The molecule has 0 radical (unpaired) electrons. The third-order valence-electron chi connectivity index (χ3n) is 4.79. The van der Waals surface area contributed by atoms with E-state index in [4.69, 9.17) is 4.98 Å². The lowest BCUT2D eigenvalue weighted by molar-refractivity contribution is -0.117. The first-order valence-electron chi connectivity index (χ1n) is 9.21. The smallest absolute Gasteiger partial charge is 0.240 e. The molecule has 1 aliphatic rings. The molecule has 0 unspecified atom stereocenters. The van der Waals surface area contributed by atoms with Crippen LogP contribution in [-0.4, -0.2) is 33.9 Å². The molecule has 5 nitrogen and oxygen atoms in total. The zero-order chi connectivity index (χ0) is 18.5. The van der Waals surface area contributed by atoms with Crippen molar-refractivity contribution in [1.29, 1.82) is 0 Å². The zero-order valence-electron chi connectivity index (χ0n) is 15.0. The molecule has 2 aromatic heterocycles. The largest absolute Gasteiger partial charge is 0.301 e.